The van der Waals surface area contributed by atoms with E-state index in [0.29, 0.717) is 39.0 Å². The van der Waals surface area contributed by atoms with Crippen molar-refractivity contribution in [1.29, 1.82) is 0 Å². The number of rotatable bonds is 6. The number of ether oxygens (including phenoxy) is 1. The molecule has 4 rings (SSSR count). The van der Waals surface area contributed by atoms with Gasteiger partial charge in [0.15, 0.2) is 0 Å². The molecule has 0 spiro atoms. The minimum Gasteiger partial charge on any atom is -0.468 e. The van der Waals surface area contributed by atoms with Crippen LogP contribution in [-0.2, 0) is 9.53 Å². The molecule has 0 saturated heterocycles. The van der Waals surface area contributed by atoms with Crippen LogP contribution < -0.4 is 10.6 Å². The van der Waals surface area contributed by atoms with Crippen molar-refractivity contribution < 1.29 is 23.5 Å². The fourth-order valence-corrected chi connectivity index (χ4v) is 3.36. The number of anilines is 1. The maximum atomic E-state index is 13.3. The van der Waals surface area contributed by atoms with Crippen LogP contribution in [0.25, 0.3) is 22.2 Å². The first kappa shape index (κ1) is 22.6. The van der Waals surface area contributed by atoms with E-state index < -0.39 is 11.9 Å². The van der Waals surface area contributed by atoms with Crippen LogP contribution in [0.4, 0.5) is 10.1 Å². The van der Waals surface area contributed by atoms with Crippen molar-refractivity contribution in [3.63, 3.8) is 0 Å². The fraction of sp³-hybridized carbons (Fsp3) is 0.0769. The summed E-state index contributed by atoms with van der Waals surface area (Å²) in [6, 6.07) is 21.1. The van der Waals surface area contributed by atoms with Gasteiger partial charge in [-0.3, -0.25) is 14.4 Å². The van der Waals surface area contributed by atoms with Gasteiger partial charge in [-0.2, -0.15) is 0 Å². The topological polar surface area (TPSA) is 97.4 Å². The summed E-state index contributed by atoms with van der Waals surface area (Å²) in [4.78, 5) is 41.1. The molecule has 7 nitrogen and oxygen atoms in total. The highest BCUT2D eigenvalue weighted by Gasteiger charge is 2.15. The smallest absolute Gasteiger partial charge is 0.325 e. The summed E-state index contributed by atoms with van der Waals surface area (Å²) >= 11 is 0. The van der Waals surface area contributed by atoms with Gasteiger partial charge in [-0.15, -0.1) is 0 Å². The van der Waals surface area contributed by atoms with E-state index in [-0.39, 0.29) is 18.3 Å². The van der Waals surface area contributed by atoms with Crippen molar-refractivity contribution in [3.8, 4) is 11.3 Å². The summed E-state index contributed by atoms with van der Waals surface area (Å²) < 4.78 is 17.8. The number of benzene rings is 3. The molecule has 2 amide bonds. The number of fused-ring (bicyclic) bond motifs is 1. The van der Waals surface area contributed by atoms with E-state index in [4.69, 9.17) is 0 Å². The number of halogens is 1. The summed E-state index contributed by atoms with van der Waals surface area (Å²) in [5.41, 5.74) is 3.08. The Hall–Kier alpha value is -4.59. The normalized spacial score (nSPS) is 10.5. The minimum absolute atomic E-state index is 0.237. The molecule has 4 aromatic rings. The van der Waals surface area contributed by atoms with Gasteiger partial charge in [0.2, 0.25) is 0 Å². The number of aromatic nitrogens is 1. The van der Waals surface area contributed by atoms with Gasteiger partial charge in [-0.1, -0.05) is 18.2 Å². The van der Waals surface area contributed by atoms with Crippen molar-refractivity contribution in [2.75, 3.05) is 19.0 Å². The van der Waals surface area contributed by atoms with Crippen molar-refractivity contribution in [2.24, 2.45) is 0 Å². The number of esters is 1. The molecule has 8 heteroatoms. The van der Waals surface area contributed by atoms with Gasteiger partial charge in [-0.25, -0.2) is 9.37 Å². The Morgan fingerprint density at radius 1 is 0.912 bits per heavy atom. The number of hydrogen-bond acceptors (Lipinski definition) is 5. The monoisotopic (exact) mass is 457 g/mol. The number of pyridine rings is 1. The summed E-state index contributed by atoms with van der Waals surface area (Å²) in [7, 11) is 1.24. The SMILES string of the molecule is COC(=O)CNC(=O)c1ccc(NC(=O)c2cc(-c3ccc(F)cc3)nc3ccccc23)cc1. The van der Waals surface area contributed by atoms with Crippen LogP contribution in [0.2, 0.25) is 0 Å². The highest BCUT2D eigenvalue weighted by Crippen LogP contribution is 2.26. The van der Waals surface area contributed by atoms with Crippen LogP contribution >= 0.6 is 0 Å². The second-order valence-electron chi connectivity index (χ2n) is 7.37. The highest BCUT2D eigenvalue weighted by atomic mass is 19.1. The van der Waals surface area contributed by atoms with E-state index >= 15 is 0 Å². The largest absolute Gasteiger partial charge is 0.468 e. The second-order valence-corrected chi connectivity index (χ2v) is 7.37. The van der Waals surface area contributed by atoms with Crippen LogP contribution in [0.1, 0.15) is 20.7 Å². The highest BCUT2D eigenvalue weighted by molar-refractivity contribution is 6.13. The molecule has 34 heavy (non-hydrogen) atoms. The lowest BCUT2D eigenvalue weighted by Gasteiger charge is -2.11. The van der Waals surface area contributed by atoms with Gasteiger partial charge in [0.05, 0.1) is 23.9 Å². The quantitative estimate of drug-likeness (QED) is 0.423. The third kappa shape index (κ3) is 5.07. The Morgan fingerprint density at radius 3 is 2.32 bits per heavy atom. The molecule has 0 aliphatic heterocycles. The third-order valence-corrected chi connectivity index (χ3v) is 5.13. The summed E-state index contributed by atoms with van der Waals surface area (Å²) in [5.74, 6) is -1.70. The lowest BCUT2D eigenvalue weighted by Crippen LogP contribution is -2.30. The minimum atomic E-state index is -0.554. The Labute approximate surface area is 194 Å². The molecule has 0 radical (unpaired) electrons. The van der Waals surface area contributed by atoms with E-state index in [1.54, 1.807) is 42.5 Å². The van der Waals surface area contributed by atoms with E-state index in [0.717, 1.165) is 0 Å². The number of carbonyl (C=O) groups excluding carboxylic acids is 3. The maximum absolute atomic E-state index is 13.3. The molecule has 2 N–H and O–H groups in total. The predicted molar refractivity (Wildman–Crippen MR) is 126 cm³/mol. The summed E-state index contributed by atoms with van der Waals surface area (Å²) in [6.45, 7) is -0.237. The van der Waals surface area contributed by atoms with Crippen LogP contribution in [0.5, 0.6) is 0 Å². The first-order chi connectivity index (χ1) is 16.4. The average Bonchev–Trinajstić information content (AvgIpc) is 2.87. The summed E-state index contributed by atoms with van der Waals surface area (Å²) in [6.07, 6.45) is 0. The van der Waals surface area contributed by atoms with E-state index in [1.165, 1.54) is 31.4 Å². The van der Waals surface area contributed by atoms with E-state index in [9.17, 15) is 18.8 Å². The molecule has 0 saturated carbocycles. The molecular weight excluding hydrogens is 437 g/mol. The molecular formula is C26H20FN3O4. The molecule has 0 atom stereocenters. The van der Waals surface area contributed by atoms with Crippen LogP contribution in [0.3, 0.4) is 0 Å². The number of methoxy groups -OCH3 is 1. The standard InChI is InChI=1S/C26H20FN3O4/c1-34-24(31)15-28-25(32)17-8-12-19(13-9-17)29-26(33)21-14-23(16-6-10-18(27)11-7-16)30-22-5-3-2-4-20(21)22/h2-14H,15H2,1H3,(H,28,32)(H,29,33). The molecule has 0 aliphatic rings. The zero-order chi connectivity index (χ0) is 24.1. The van der Waals surface area contributed by atoms with E-state index in [2.05, 4.69) is 20.4 Å². The van der Waals surface area contributed by atoms with Gasteiger partial charge < -0.3 is 15.4 Å². The molecule has 0 fully saturated rings. The van der Waals surface area contributed by atoms with Crippen LogP contribution in [-0.4, -0.2) is 36.4 Å². The fourth-order valence-electron chi connectivity index (χ4n) is 3.36. The lowest BCUT2D eigenvalue weighted by atomic mass is 10.0. The van der Waals surface area contributed by atoms with Crippen LogP contribution in [0, 0.1) is 5.82 Å². The zero-order valence-corrected chi connectivity index (χ0v) is 18.2. The second kappa shape index (κ2) is 9.91. The predicted octanol–water partition coefficient (Wildman–Crippen LogP) is 4.20. The van der Waals surface area contributed by atoms with Crippen molar-refractivity contribution in [2.45, 2.75) is 0 Å². The Kier molecular flexibility index (Phi) is 6.59. The van der Waals surface area contributed by atoms with Crippen molar-refractivity contribution in [1.82, 2.24) is 10.3 Å². The Bertz CT molecular complexity index is 1370. The third-order valence-electron chi connectivity index (χ3n) is 5.13. The van der Waals surface area contributed by atoms with Gasteiger partial charge in [-0.05, 0) is 60.7 Å². The number of hydrogen-bond donors (Lipinski definition) is 2. The number of carbonyl (C=O) groups is 3. The Balaban J connectivity index is 1.57. The van der Waals surface area contributed by atoms with Crippen LogP contribution in [0.15, 0.2) is 78.9 Å². The lowest BCUT2D eigenvalue weighted by molar-refractivity contribution is -0.139. The first-order valence-electron chi connectivity index (χ1n) is 10.4. The van der Waals surface area contributed by atoms with E-state index in [1.807, 2.05) is 12.1 Å². The summed E-state index contributed by atoms with van der Waals surface area (Å²) in [5, 5.41) is 5.95. The molecule has 0 bridgehead atoms. The van der Waals surface area contributed by atoms with Gasteiger partial charge in [0, 0.05) is 22.2 Å². The molecule has 0 unspecified atom stereocenters. The van der Waals surface area contributed by atoms with Gasteiger partial charge >= 0.3 is 5.97 Å². The van der Waals surface area contributed by atoms with Crippen molar-refractivity contribution in [3.05, 3.63) is 95.8 Å². The number of nitrogens with one attached hydrogen (secondary N) is 2. The average molecular weight is 457 g/mol. The molecule has 0 aliphatic carbocycles. The molecule has 1 aromatic heterocycles. The molecule has 170 valence electrons. The molecule has 3 aromatic carbocycles. The maximum Gasteiger partial charge on any atom is 0.325 e. The number of nitrogens with zero attached hydrogens (tertiary/aromatic N) is 1. The van der Waals surface area contributed by atoms with Gasteiger partial charge in [0.25, 0.3) is 11.8 Å². The van der Waals surface area contributed by atoms with Crippen molar-refractivity contribution >= 4 is 34.4 Å². The zero-order valence-electron chi connectivity index (χ0n) is 18.2. The first-order valence-corrected chi connectivity index (χ1v) is 10.4. The number of para-hydroxylation sites is 1. The Morgan fingerprint density at radius 2 is 1.62 bits per heavy atom. The van der Waals surface area contributed by atoms with Gasteiger partial charge in [0.1, 0.15) is 12.4 Å². The number of amides is 2. The molecule has 1 heterocycles.